The number of carbonyl (C=O) groups excluding carboxylic acids is 5. The van der Waals surface area contributed by atoms with E-state index in [-0.39, 0.29) is 73.1 Å². The van der Waals surface area contributed by atoms with Gasteiger partial charge in [-0.2, -0.15) is 13.2 Å². The number of hydrogen-bond donors (Lipinski definition) is 3. The van der Waals surface area contributed by atoms with Crippen LogP contribution in [-0.2, 0) is 35.3 Å². The lowest BCUT2D eigenvalue weighted by Crippen LogP contribution is -2.46. The van der Waals surface area contributed by atoms with Crippen molar-refractivity contribution in [3.63, 3.8) is 0 Å². The largest absolute Gasteiger partial charge is 0.490 e. The van der Waals surface area contributed by atoms with Crippen molar-refractivity contribution >= 4 is 35.3 Å². The molecule has 4 N–H and O–H groups in total. The van der Waals surface area contributed by atoms with Crippen molar-refractivity contribution in [1.29, 1.82) is 0 Å². The number of ketones is 2. The van der Waals surface area contributed by atoms with Crippen molar-refractivity contribution in [3.8, 4) is 11.1 Å². The molecule has 0 unspecified atom stereocenters. The number of aliphatic hydroxyl groups excluding tert-OH is 1. The maximum Gasteiger partial charge on any atom is 0.490 e. The first kappa shape index (κ1) is 48.1. The van der Waals surface area contributed by atoms with Gasteiger partial charge < -0.3 is 25.4 Å². The summed E-state index contributed by atoms with van der Waals surface area (Å²) in [5, 5.41) is 17.3. The van der Waals surface area contributed by atoms with Gasteiger partial charge in [-0.3, -0.25) is 28.9 Å². The molecule has 1 aromatic heterocycles. The van der Waals surface area contributed by atoms with Crippen molar-refractivity contribution in [2.45, 2.75) is 90.5 Å². The van der Waals surface area contributed by atoms with Crippen LogP contribution in [0.5, 0.6) is 0 Å². The number of rotatable bonds is 17. The van der Waals surface area contributed by atoms with E-state index in [1.165, 1.54) is 17.1 Å². The number of amides is 3. The summed E-state index contributed by atoms with van der Waals surface area (Å²) in [7, 11) is 0. The number of nitrogens with zero attached hydrogens (tertiary/aromatic N) is 3. The van der Waals surface area contributed by atoms with Crippen LogP contribution in [0.15, 0.2) is 72.9 Å². The minimum atomic E-state index is -5.08. The van der Waals surface area contributed by atoms with Crippen molar-refractivity contribution in [2.24, 2.45) is 23.0 Å². The minimum absolute atomic E-state index is 0.0103. The first-order valence-electron chi connectivity index (χ1n) is 19.8. The van der Waals surface area contributed by atoms with Crippen LogP contribution in [0, 0.1) is 28.9 Å². The Morgan fingerprint density at radius 2 is 1.59 bits per heavy atom. The van der Waals surface area contributed by atoms with Crippen LogP contribution in [0.2, 0.25) is 0 Å². The normalized spacial score (nSPS) is 17.5. The Labute approximate surface area is 350 Å². The van der Waals surface area contributed by atoms with Gasteiger partial charge in [-0.1, -0.05) is 51.1 Å². The maximum atomic E-state index is 15.1. The third-order valence-corrected chi connectivity index (χ3v) is 10.8. The molecule has 1 fully saturated rings. The summed E-state index contributed by atoms with van der Waals surface area (Å²) in [4.78, 5) is 74.9. The van der Waals surface area contributed by atoms with Gasteiger partial charge in [0.15, 0.2) is 0 Å². The predicted octanol–water partition coefficient (Wildman–Crippen LogP) is 6.39. The summed E-state index contributed by atoms with van der Waals surface area (Å²) in [5.41, 5.74) is 7.93. The summed E-state index contributed by atoms with van der Waals surface area (Å²) in [6.07, 6.45) is 1.99. The number of carboxylic acids is 1. The number of aliphatic carboxylic acids is 1. The average Bonchev–Trinajstić information content (AvgIpc) is 3.92. The number of carboxylic acid groups (broad SMARTS) is 1. The summed E-state index contributed by atoms with van der Waals surface area (Å²) in [6, 6.07) is 13.1. The lowest BCUT2D eigenvalue weighted by atomic mass is 9.82. The highest BCUT2D eigenvalue weighted by atomic mass is 19.4. The third kappa shape index (κ3) is 13.2. The Morgan fingerprint density at radius 1 is 0.951 bits per heavy atom. The van der Waals surface area contributed by atoms with Crippen LogP contribution in [-0.4, -0.2) is 91.8 Å². The molecule has 17 heteroatoms. The molecule has 0 spiro atoms. The topological polar surface area (TPSA) is 180 Å². The molecule has 2 aromatic carbocycles. The van der Waals surface area contributed by atoms with Crippen LogP contribution in [0.4, 0.5) is 22.0 Å². The maximum absolute atomic E-state index is 15.1. The number of aromatic nitrogens is 1. The van der Waals surface area contributed by atoms with E-state index >= 15 is 4.39 Å². The van der Waals surface area contributed by atoms with E-state index in [0.29, 0.717) is 43.5 Å². The number of hydrogen-bond acceptors (Lipinski definition) is 8. The van der Waals surface area contributed by atoms with Gasteiger partial charge in [0.1, 0.15) is 29.8 Å². The molecule has 0 bridgehead atoms. The molecule has 3 amide bonds. The Bertz CT molecular complexity index is 2080. The first-order chi connectivity index (χ1) is 28.6. The summed E-state index contributed by atoms with van der Waals surface area (Å²) >= 11 is 0. The zero-order chi connectivity index (χ0) is 45.2. The van der Waals surface area contributed by atoms with Gasteiger partial charge in [-0.05, 0) is 73.3 Å². The molecular formula is C44H51F5N4O8. The van der Waals surface area contributed by atoms with Gasteiger partial charge in [0.05, 0.1) is 12.1 Å². The van der Waals surface area contributed by atoms with E-state index in [1.807, 2.05) is 55.7 Å². The Morgan fingerprint density at radius 3 is 2.18 bits per heavy atom. The van der Waals surface area contributed by atoms with Crippen LogP contribution >= 0.6 is 0 Å². The van der Waals surface area contributed by atoms with Crippen LogP contribution in [0.3, 0.4) is 0 Å². The number of halogens is 5. The quantitative estimate of drug-likeness (QED) is 0.102. The molecule has 330 valence electrons. The van der Waals surface area contributed by atoms with Gasteiger partial charge in [0, 0.05) is 73.6 Å². The smallest absolute Gasteiger partial charge is 0.475 e. The van der Waals surface area contributed by atoms with Crippen LogP contribution in [0.25, 0.3) is 11.1 Å². The lowest BCUT2D eigenvalue weighted by Gasteiger charge is -2.41. The molecule has 61 heavy (non-hydrogen) atoms. The monoisotopic (exact) mass is 858 g/mol. The fourth-order valence-corrected chi connectivity index (χ4v) is 7.80. The lowest BCUT2D eigenvalue weighted by molar-refractivity contribution is -0.192. The summed E-state index contributed by atoms with van der Waals surface area (Å²) in [6.45, 7) is 5.68. The van der Waals surface area contributed by atoms with Gasteiger partial charge in [0.25, 0.3) is 11.8 Å². The van der Waals surface area contributed by atoms with Gasteiger partial charge in [-0.25, -0.2) is 13.6 Å². The fraction of sp³-hybridized carbons (Fsp3) is 0.455. The van der Waals surface area contributed by atoms with Gasteiger partial charge in [-0.15, -0.1) is 0 Å². The molecular weight excluding hydrogens is 807 g/mol. The molecule has 1 saturated carbocycles. The molecule has 3 aromatic rings. The highest BCUT2D eigenvalue weighted by Crippen LogP contribution is 2.41. The molecule has 12 nitrogen and oxygen atoms in total. The molecule has 2 aliphatic rings. The summed E-state index contributed by atoms with van der Waals surface area (Å²) < 4.78 is 63.0. The fourth-order valence-electron chi connectivity index (χ4n) is 7.80. The number of alkyl halides is 3. The Hall–Kier alpha value is -5.55. The summed E-state index contributed by atoms with van der Waals surface area (Å²) in [5.74, 6) is -5.55. The predicted molar refractivity (Wildman–Crippen MR) is 213 cm³/mol. The number of nitrogens with two attached hydrogens (primary N) is 1. The molecule has 0 radical (unpaired) electrons. The van der Waals surface area contributed by atoms with Crippen LogP contribution in [0.1, 0.15) is 83.0 Å². The molecule has 0 saturated heterocycles. The molecule has 1 aliphatic heterocycles. The van der Waals surface area contributed by atoms with Gasteiger partial charge in [0.2, 0.25) is 5.91 Å². The molecule has 4 atom stereocenters. The number of benzene rings is 2. The third-order valence-electron chi connectivity index (χ3n) is 10.8. The number of imide groups is 1. The molecule has 5 rings (SSSR count). The van der Waals surface area contributed by atoms with Crippen molar-refractivity contribution in [3.05, 3.63) is 95.8 Å². The zero-order valence-electron chi connectivity index (χ0n) is 34.2. The standard InChI is InChI=1S/C42H50F2N4O6.C2HF3O2/c1-42(2,3)41(35-22-30(32-23-31(43)13-14-33(32)44)25-46(35)24-27-8-5-4-6-9-27)48(40(54)26-49)19-17-34(45)37(51)21-28-11-12-29(20-28)36(50)10-7-18-47-38(52)15-16-39(47)53;3-2(4,5)1(6)7/h4-6,8-9,13-16,22-23,25,28-29,34,41,49H,7,10-12,17-21,24,26,45H2,1-3H3;(H,6,7)/t28-,29+,34+,41+;/m1./s1. The molecule has 2 heterocycles. The van der Waals surface area contributed by atoms with E-state index < -0.39 is 53.8 Å². The minimum Gasteiger partial charge on any atom is -0.475 e. The molecule has 1 aliphatic carbocycles. The van der Waals surface area contributed by atoms with Crippen molar-refractivity contribution in [2.75, 3.05) is 19.7 Å². The van der Waals surface area contributed by atoms with E-state index in [1.54, 1.807) is 12.3 Å². The average molecular weight is 859 g/mol. The van der Waals surface area contributed by atoms with E-state index in [2.05, 4.69) is 0 Å². The second-order valence-electron chi connectivity index (χ2n) is 16.4. The van der Waals surface area contributed by atoms with E-state index in [4.69, 9.17) is 15.6 Å². The Balaban J connectivity index is 0.00000107. The number of carbonyl (C=O) groups is 6. The van der Waals surface area contributed by atoms with E-state index in [0.717, 1.165) is 28.7 Å². The van der Waals surface area contributed by atoms with Crippen molar-refractivity contribution < 1.29 is 60.9 Å². The SMILES string of the molecule is CC(C)(C)[C@H](c1cc(-c2cc(F)ccc2F)cn1Cc1ccccc1)N(CC[C@H](N)C(=O)C[C@@H]1CC[C@H](C(=O)CCCN2C(=O)C=CC2=O)C1)C(=O)CO.O=C(O)C(F)(F)F. The van der Waals surface area contributed by atoms with Crippen LogP contribution < -0.4 is 5.73 Å². The number of Topliss-reactive ketones (excluding diaryl/α,β-unsaturated/α-hetero) is 2. The second-order valence-corrected chi connectivity index (χ2v) is 16.4. The number of aliphatic hydroxyl groups is 1. The second kappa shape index (κ2) is 20.8. The van der Waals surface area contributed by atoms with Crippen molar-refractivity contribution in [1.82, 2.24) is 14.4 Å². The Kier molecular flexibility index (Phi) is 16.4. The zero-order valence-corrected chi connectivity index (χ0v) is 34.2. The van der Waals surface area contributed by atoms with Gasteiger partial charge >= 0.3 is 12.1 Å². The highest BCUT2D eigenvalue weighted by molar-refractivity contribution is 6.12. The highest BCUT2D eigenvalue weighted by Gasteiger charge is 2.39. The van der Waals surface area contributed by atoms with E-state index in [9.17, 15) is 46.6 Å². The first-order valence-corrected chi connectivity index (χ1v) is 19.8.